The van der Waals surface area contributed by atoms with E-state index in [2.05, 4.69) is 15.0 Å². The van der Waals surface area contributed by atoms with Gasteiger partial charge in [-0.3, -0.25) is 24.3 Å². The number of benzene rings is 1. The summed E-state index contributed by atoms with van der Waals surface area (Å²) in [6.45, 7) is 4.62. The Hall–Kier alpha value is -2.90. The van der Waals surface area contributed by atoms with Crippen molar-refractivity contribution in [3.63, 3.8) is 0 Å². The summed E-state index contributed by atoms with van der Waals surface area (Å²) in [5.74, 6) is 0.819. The molecule has 29 heavy (non-hydrogen) atoms. The molecule has 1 aliphatic rings. The van der Waals surface area contributed by atoms with Gasteiger partial charge in [0, 0.05) is 48.2 Å². The summed E-state index contributed by atoms with van der Waals surface area (Å²) in [7, 11) is 0. The van der Waals surface area contributed by atoms with Gasteiger partial charge in [0.1, 0.15) is 5.75 Å². The van der Waals surface area contributed by atoms with E-state index >= 15 is 0 Å². The average Bonchev–Trinajstić information content (AvgIpc) is 3.06. The average molecular weight is 412 g/mol. The summed E-state index contributed by atoms with van der Waals surface area (Å²) in [6, 6.07) is 12.6. The van der Waals surface area contributed by atoms with E-state index in [4.69, 9.17) is 11.6 Å². The number of aryl methyl sites for hydroxylation is 1. The van der Waals surface area contributed by atoms with E-state index in [1.807, 2.05) is 31.2 Å². The van der Waals surface area contributed by atoms with E-state index in [0.29, 0.717) is 42.6 Å². The van der Waals surface area contributed by atoms with Crippen molar-refractivity contribution in [2.75, 3.05) is 24.5 Å². The second kappa shape index (κ2) is 8.23. The SMILES string of the molecule is Cc1cc(N2CCN(Cc3ccccn3)CC2=O)nn1Cc1cc(Cl)ccc1O. The Morgan fingerprint density at radius 3 is 2.76 bits per heavy atom. The van der Waals surface area contributed by atoms with Crippen molar-refractivity contribution in [1.29, 1.82) is 0 Å². The predicted octanol–water partition coefficient (Wildman–Crippen LogP) is 2.84. The van der Waals surface area contributed by atoms with Crippen molar-refractivity contribution in [1.82, 2.24) is 19.7 Å². The molecule has 0 unspecified atom stereocenters. The summed E-state index contributed by atoms with van der Waals surface area (Å²) in [5, 5.41) is 15.2. The summed E-state index contributed by atoms with van der Waals surface area (Å²) < 4.78 is 1.77. The van der Waals surface area contributed by atoms with Crippen LogP contribution in [0.4, 0.5) is 5.82 Å². The first kappa shape index (κ1) is 19.4. The van der Waals surface area contributed by atoms with Crippen LogP contribution < -0.4 is 4.90 Å². The molecule has 0 aliphatic carbocycles. The Labute approximate surface area is 174 Å². The zero-order chi connectivity index (χ0) is 20.4. The first-order valence-corrected chi connectivity index (χ1v) is 9.82. The molecule has 8 heteroatoms. The number of carbonyl (C=O) groups is 1. The quantitative estimate of drug-likeness (QED) is 0.698. The van der Waals surface area contributed by atoms with Crippen LogP contribution in [0.15, 0.2) is 48.7 Å². The number of nitrogens with zero attached hydrogens (tertiary/aromatic N) is 5. The van der Waals surface area contributed by atoms with Gasteiger partial charge in [0.25, 0.3) is 0 Å². The van der Waals surface area contributed by atoms with Crippen molar-refractivity contribution in [3.05, 3.63) is 70.6 Å². The highest BCUT2D eigenvalue weighted by atomic mass is 35.5. The molecule has 0 saturated carbocycles. The number of pyridine rings is 1. The van der Waals surface area contributed by atoms with Crippen molar-refractivity contribution in [2.24, 2.45) is 0 Å². The molecule has 3 heterocycles. The normalized spacial score (nSPS) is 15.1. The lowest BCUT2D eigenvalue weighted by Crippen LogP contribution is -2.50. The number of carbonyl (C=O) groups excluding carboxylic acids is 1. The Bertz CT molecular complexity index is 1020. The van der Waals surface area contributed by atoms with Crippen LogP contribution >= 0.6 is 11.6 Å². The van der Waals surface area contributed by atoms with Crippen LogP contribution in [0.25, 0.3) is 0 Å². The fraction of sp³-hybridized carbons (Fsp3) is 0.286. The van der Waals surface area contributed by atoms with E-state index in [9.17, 15) is 9.90 Å². The largest absolute Gasteiger partial charge is 0.508 e. The number of anilines is 1. The molecule has 1 N–H and O–H groups in total. The van der Waals surface area contributed by atoms with Gasteiger partial charge in [0.15, 0.2) is 5.82 Å². The number of hydrogen-bond acceptors (Lipinski definition) is 5. The molecule has 1 saturated heterocycles. The van der Waals surface area contributed by atoms with E-state index in [-0.39, 0.29) is 11.7 Å². The van der Waals surface area contributed by atoms with Gasteiger partial charge in [-0.1, -0.05) is 17.7 Å². The molecular weight excluding hydrogens is 390 g/mol. The van der Waals surface area contributed by atoms with Gasteiger partial charge in [-0.05, 0) is 37.3 Å². The Morgan fingerprint density at radius 2 is 2.00 bits per heavy atom. The number of piperazine rings is 1. The van der Waals surface area contributed by atoms with Gasteiger partial charge in [-0.2, -0.15) is 5.10 Å². The highest BCUT2D eigenvalue weighted by Gasteiger charge is 2.27. The molecule has 150 valence electrons. The van der Waals surface area contributed by atoms with E-state index in [0.717, 1.165) is 17.9 Å². The first-order valence-electron chi connectivity index (χ1n) is 9.44. The highest BCUT2D eigenvalue weighted by molar-refractivity contribution is 6.30. The standard InChI is InChI=1S/C21H22ClN5O2/c1-15-10-20(24-27(15)12-16-11-17(22)5-6-19(16)28)26-9-8-25(14-21(26)29)13-18-4-2-3-7-23-18/h2-7,10-11,28H,8-9,12-14H2,1H3. The molecule has 7 nitrogen and oxygen atoms in total. The molecule has 1 amide bonds. The molecule has 1 aromatic carbocycles. The second-order valence-corrected chi connectivity index (χ2v) is 7.59. The van der Waals surface area contributed by atoms with Crippen molar-refractivity contribution in [2.45, 2.75) is 20.0 Å². The Morgan fingerprint density at radius 1 is 1.14 bits per heavy atom. The Balaban J connectivity index is 1.45. The molecule has 0 bridgehead atoms. The number of phenolic OH excluding ortho intramolecular Hbond substituents is 1. The monoisotopic (exact) mass is 411 g/mol. The van der Waals surface area contributed by atoms with Gasteiger partial charge in [-0.15, -0.1) is 0 Å². The second-order valence-electron chi connectivity index (χ2n) is 7.15. The van der Waals surface area contributed by atoms with Crippen molar-refractivity contribution >= 4 is 23.3 Å². The number of amides is 1. The Kier molecular flexibility index (Phi) is 5.51. The number of hydrogen-bond donors (Lipinski definition) is 1. The van der Waals surface area contributed by atoms with Crippen LogP contribution in [0.2, 0.25) is 5.02 Å². The minimum absolute atomic E-state index is 0.0161. The molecule has 2 aromatic heterocycles. The minimum atomic E-state index is 0.0161. The molecular formula is C21H22ClN5O2. The van der Waals surface area contributed by atoms with Crippen LogP contribution in [-0.2, 0) is 17.9 Å². The third-order valence-electron chi connectivity index (χ3n) is 5.02. The molecule has 3 aromatic rings. The van der Waals surface area contributed by atoms with E-state index < -0.39 is 0 Å². The fourth-order valence-electron chi connectivity index (χ4n) is 3.45. The summed E-state index contributed by atoms with van der Waals surface area (Å²) >= 11 is 6.04. The number of aromatic nitrogens is 3. The lowest BCUT2D eigenvalue weighted by molar-refractivity contribution is -0.121. The van der Waals surface area contributed by atoms with E-state index in [1.165, 1.54) is 0 Å². The lowest BCUT2D eigenvalue weighted by atomic mass is 10.2. The number of halogens is 1. The number of phenols is 1. The van der Waals surface area contributed by atoms with Gasteiger partial charge in [0.2, 0.25) is 5.91 Å². The molecule has 1 aliphatic heterocycles. The van der Waals surface area contributed by atoms with Crippen LogP contribution in [0.1, 0.15) is 17.0 Å². The van der Waals surface area contributed by atoms with E-state index in [1.54, 1.807) is 34.0 Å². The van der Waals surface area contributed by atoms with Crippen molar-refractivity contribution < 1.29 is 9.90 Å². The summed E-state index contributed by atoms with van der Waals surface area (Å²) in [6.07, 6.45) is 1.76. The summed E-state index contributed by atoms with van der Waals surface area (Å²) in [5.41, 5.74) is 2.54. The lowest BCUT2D eigenvalue weighted by Gasteiger charge is -2.32. The zero-order valence-electron chi connectivity index (χ0n) is 16.1. The van der Waals surface area contributed by atoms with Gasteiger partial charge < -0.3 is 5.11 Å². The van der Waals surface area contributed by atoms with Gasteiger partial charge in [-0.25, -0.2) is 0 Å². The van der Waals surface area contributed by atoms with Crippen molar-refractivity contribution in [3.8, 4) is 5.75 Å². The third-order valence-corrected chi connectivity index (χ3v) is 5.25. The molecule has 4 rings (SSSR count). The maximum absolute atomic E-state index is 12.7. The van der Waals surface area contributed by atoms with Crippen LogP contribution in [0.5, 0.6) is 5.75 Å². The molecule has 1 fully saturated rings. The van der Waals surface area contributed by atoms with Gasteiger partial charge in [0.05, 0.1) is 18.8 Å². The number of aromatic hydroxyl groups is 1. The van der Waals surface area contributed by atoms with Crippen LogP contribution in [-0.4, -0.2) is 50.3 Å². The summed E-state index contributed by atoms with van der Waals surface area (Å²) in [4.78, 5) is 20.9. The first-order chi connectivity index (χ1) is 14.0. The number of rotatable bonds is 5. The smallest absolute Gasteiger partial charge is 0.242 e. The maximum Gasteiger partial charge on any atom is 0.242 e. The zero-order valence-corrected chi connectivity index (χ0v) is 16.9. The maximum atomic E-state index is 12.7. The van der Waals surface area contributed by atoms with Crippen LogP contribution in [0.3, 0.4) is 0 Å². The molecule has 0 atom stereocenters. The topological polar surface area (TPSA) is 74.5 Å². The predicted molar refractivity (Wildman–Crippen MR) is 111 cm³/mol. The highest BCUT2D eigenvalue weighted by Crippen LogP contribution is 2.24. The fourth-order valence-corrected chi connectivity index (χ4v) is 3.64. The van der Waals surface area contributed by atoms with Crippen LogP contribution in [0, 0.1) is 6.92 Å². The molecule has 0 spiro atoms. The van der Waals surface area contributed by atoms with Gasteiger partial charge >= 0.3 is 0 Å². The molecule has 0 radical (unpaired) electrons. The minimum Gasteiger partial charge on any atom is -0.508 e. The third kappa shape index (κ3) is 4.41.